The summed E-state index contributed by atoms with van der Waals surface area (Å²) in [6.45, 7) is 10.4. The van der Waals surface area contributed by atoms with E-state index in [9.17, 15) is 9.59 Å². The first-order valence-corrected chi connectivity index (χ1v) is 13.8. The Balaban J connectivity index is 1.57. The van der Waals surface area contributed by atoms with E-state index in [0.717, 1.165) is 35.0 Å². The average molecular weight is 527 g/mol. The lowest BCUT2D eigenvalue weighted by Crippen LogP contribution is -2.47. The fraction of sp³-hybridized carbons (Fsp3) is 0.536. The van der Waals surface area contributed by atoms with Crippen LogP contribution in [0, 0.1) is 5.41 Å². The number of para-hydroxylation sites is 1. The zero-order valence-corrected chi connectivity index (χ0v) is 23.1. The highest BCUT2D eigenvalue weighted by atomic mass is 32.1. The first kappa shape index (κ1) is 27.3. The number of hydrazone groups is 1. The Labute approximate surface area is 223 Å². The molecule has 0 N–H and O–H groups in total. The number of ether oxygens (including phenoxy) is 2. The van der Waals surface area contributed by atoms with Crippen LogP contribution in [0.1, 0.15) is 50.1 Å². The molecule has 37 heavy (non-hydrogen) atoms. The van der Waals surface area contributed by atoms with Crippen LogP contribution in [-0.2, 0) is 14.3 Å². The summed E-state index contributed by atoms with van der Waals surface area (Å²) in [7, 11) is 1.64. The predicted molar refractivity (Wildman–Crippen MR) is 146 cm³/mol. The molecule has 0 spiro atoms. The van der Waals surface area contributed by atoms with Crippen molar-refractivity contribution in [1.82, 2.24) is 14.8 Å². The summed E-state index contributed by atoms with van der Waals surface area (Å²) in [6, 6.07) is 11.5. The van der Waals surface area contributed by atoms with Crippen LogP contribution in [0.2, 0.25) is 0 Å². The van der Waals surface area contributed by atoms with Gasteiger partial charge in [-0.25, -0.2) is 5.01 Å². The van der Waals surface area contributed by atoms with E-state index in [1.54, 1.807) is 28.4 Å². The average Bonchev–Trinajstić information content (AvgIpc) is 3.56. The summed E-state index contributed by atoms with van der Waals surface area (Å²) in [6.07, 6.45) is 0.972. The standard InChI is InChI=1S/C28H38N4O4S/c1-28(2,3)19-26(33)31(12-11-30-13-15-36-16-14-30)20-27(34)32-23(21-8-5-6-9-24(21)35-4)18-22(29-32)25-10-7-17-37-25/h5-10,17,23H,11-16,18-20H2,1-4H3/t23-/m1/s1. The van der Waals surface area contributed by atoms with Crippen molar-refractivity contribution in [2.24, 2.45) is 10.5 Å². The van der Waals surface area contributed by atoms with Crippen molar-refractivity contribution in [2.45, 2.75) is 39.7 Å². The number of amides is 2. The van der Waals surface area contributed by atoms with E-state index in [1.165, 1.54) is 0 Å². The lowest BCUT2D eigenvalue weighted by Gasteiger charge is -2.32. The highest BCUT2D eigenvalue weighted by molar-refractivity contribution is 7.12. The van der Waals surface area contributed by atoms with Gasteiger partial charge in [0.1, 0.15) is 12.3 Å². The van der Waals surface area contributed by atoms with E-state index in [0.29, 0.717) is 39.1 Å². The molecule has 0 aliphatic carbocycles. The van der Waals surface area contributed by atoms with Crippen molar-refractivity contribution in [1.29, 1.82) is 0 Å². The number of hydrogen-bond acceptors (Lipinski definition) is 7. The van der Waals surface area contributed by atoms with Gasteiger partial charge in [-0.05, 0) is 22.9 Å². The predicted octanol–water partition coefficient (Wildman–Crippen LogP) is 4.03. The van der Waals surface area contributed by atoms with Crippen molar-refractivity contribution >= 4 is 28.9 Å². The molecule has 8 nitrogen and oxygen atoms in total. The smallest absolute Gasteiger partial charge is 0.262 e. The summed E-state index contributed by atoms with van der Waals surface area (Å²) in [4.78, 5) is 32.2. The quantitative estimate of drug-likeness (QED) is 0.493. The molecule has 1 atom stereocenters. The second kappa shape index (κ2) is 12.2. The van der Waals surface area contributed by atoms with Crippen LogP contribution in [0.15, 0.2) is 46.9 Å². The number of morpholine rings is 1. The Morgan fingerprint density at radius 3 is 2.59 bits per heavy atom. The van der Waals surface area contributed by atoms with Crippen molar-refractivity contribution in [2.75, 3.05) is 53.0 Å². The van der Waals surface area contributed by atoms with Crippen molar-refractivity contribution in [3.8, 4) is 5.75 Å². The van der Waals surface area contributed by atoms with E-state index in [2.05, 4.69) is 4.90 Å². The molecule has 2 aromatic rings. The molecule has 1 aromatic heterocycles. The fourth-order valence-corrected chi connectivity index (χ4v) is 5.42. The van der Waals surface area contributed by atoms with E-state index >= 15 is 0 Å². The summed E-state index contributed by atoms with van der Waals surface area (Å²) in [5.41, 5.74) is 1.62. The van der Waals surface area contributed by atoms with Crippen LogP contribution in [0.3, 0.4) is 0 Å². The molecular weight excluding hydrogens is 488 g/mol. The molecule has 0 unspecified atom stereocenters. The lowest BCUT2D eigenvalue weighted by molar-refractivity contribution is -0.142. The first-order chi connectivity index (χ1) is 17.7. The van der Waals surface area contributed by atoms with Gasteiger partial charge >= 0.3 is 0 Å². The van der Waals surface area contributed by atoms with Gasteiger partial charge in [0.25, 0.3) is 5.91 Å². The second-order valence-electron chi connectivity index (χ2n) is 10.7. The van der Waals surface area contributed by atoms with Gasteiger partial charge in [0, 0.05) is 44.6 Å². The molecule has 2 aliphatic heterocycles. The molecule has 0 radical (unpaired) electrons. The molecule has 1 saturated heterocycles. The maximum atomic E-state index is 13.8. The van der Waals surface area contributed by atoms with Crippen molar-refractivity contribution in [3.05, 3.63) is 52.2 Å². The van der Waals surface area contributed by atoms with E-state index in [-0.39, 0.29) is 29.8 Å². The molecule has 0 bridgehead atoms. The molecule has 9 heteroatoms. The Hall–Kier alpha value is -2.75. The number of rotatable bonds is 9. The third-order valence-electron chi connectivity index (χ3n) is 6.62. The number of benzene rings is 1. The van der Waals surface area contributed by atoms with E-state index in [1.807, 2.05) is 62.5 Å². The fourth-order valence-electron chi connectivity index (χ4n) is 4.70. The van der Waals surface area contributed by atoms with Crippen LogP contribution in [-0.4, -0.2) is 85.4 Å². The number of hydrogen-bond donors (Lipinski definition) is 0. The minimum Gasteiger partial charge on any atom is -0.496 e. The number of carbonyl (C=O) groups excluding carboxylic acids is 2. The number of thiophene rings is 1. The first-order valence-electron chi connectivity index (χ1n) is 12.9. The third-order valence-corrected chi connectivity index (χ3v) is 7.54. The third kappa shape index (κ3) is 7.18. The van der Waals surface area contributed by atoms with Crippen LogP contribution in [0.25, 0.3) is 0 Å². The molecule has 0 saturated carbocycles. The Morgan fingerprint density at radius 1 is 1.16 bits per heavy atom. The van der Waals surface area contributed by atoms with Gasteiger partial charge < -0.3 is 14.4 Å². The zero-order chi connectivity index (χ0) is 26.4. The minimum absolute atomic E-state index is 0.00781. The normalized spacial score (nSPS) is 18.5. The Kier molecular flexibility index (Phi) is 9.00. The van der Waals surface area contributed by atoms with Crippen molar-refractivity contribution in [3.63, 3.8) is 0 Å². The van der Waals surface area contributed by atoms with E-state index in [4.69, 9.17) is 14.6 Å². The summed E-state index contributed by atoms with van der Waals surface area (Å²) >= 11 is 1.61. The van der Waals surface area contributed by atoms with Crippen LogP contribution < -0.4 is 4.74 Å². The topological polar surface area (TPSA) is 74.7 Å². The minimum atomic E-state index is -0.292. The zero-order valence-electron chi connectivity index (χ0n) is 22.3. The molecule has 200 valence electrons. The highest BCUT2D eigenvalue weighted by Crippen LogP contribution is 2.38. The van der Waals surface area contributed by atoms with Crippen LogP contribution in [0.5, 0.6) is 5.75 Å². The van der Waals surface area contributed by atoms with Gasteiger partial charge in [-0.15, -0.1) is 11.3 Å². The number of carbonyl (C=O) groups is 2. The maximum Gasteiger partial charge on any atom is 0.262 e. The van der Waals surface area contributed by atoms with Crippen LogP contribution >= 0.6 is 11.3 Å². The molecule has 2 aliphatic rings. The monoisotopic (exact) mass is 526 g/mol. The summed E-state index contributed by atoms with van der Waals surface area (Å²) < 4.78 is 11.1. The van der Waals surface area contributed by atoms with Crippen LogP contribution in [0.4, 0.5) is 0 Å². The van der Waals surface area contributed by atoms with Gasteiger partial charge in [0.2, 0.25) is 5.91 Å². The molecular formula is C28H38N4O4S. The summed E-state index contributed by atoms with van der Waals surface area (Å²) in [5, 5.41) is 8.37. The van der Waals surface area contributed by atoms with Gasteiger partial charge in [-0.1, -0.05) is 45.0 Å². The largest absolute Gasteiger partial charge is 0.496 e. The Morgan fingerprint density at radius 2 is 1.92 bits per heavy atom. The highest BCUT2D eigenvalue weighted by Gasteiger charge is 2.36. The maximum absolute atomic E-state index is 13.8. The SMILES string of the molecule is COc1ccccc1[C@H]1CC(c2cccs2)=NN1C(=O)CN(CCN1CCOCC1)C(=O)CC(C)(C)C. The molecule has 1 fully saturated rings. The molecule has 2 amide bonds. The van der Waals surface area contributed by atoms with Gasteiger partial charge in [-0.3, -0.25) is 14.5 Å². The molecule has 4 rings (SSSR count). The van der Waals surface area contributed by atoms with Gasteiger partial charge in [0.05, 0.1) is 37.0 Å². The van der Waals surface area contributed by atoms with E-state index < -0.39 is 0 Å². The lowest BCUT2D eigenvalue weighted by atomic mass is 9.91. The van der Waals surface area contributed by atoms with Gasteiger partial charge in [0.15, 0.2) is 0 Å². The molecule has 1 aromatic carbocycles. The number of methoxy groups -OCH3 is 1. The summed E-state index contributed by atoms with van der Waals surface area (Å²) in [5.74, 6) is 0.525. The second-order valence-corrected chi connectivity index (χ2v) is 11.7. The van der Waals surface area contributed by atoms with Gasteiger partial charge in [-0.2, -0.15) is 5.10 Å². The Bertz CT molecular complexity index is 1090. The molecule has 3 heterocycles. The van der Waals surface area contributed by atoms with Crippen molar-refractivity contribution < 1.29 is 19.1 Å². The number of nitrogens with zero attached hydrogens (tertiary/aromatic N) is 4.